The maximum atomic E-state index is 5.99. The maximum Gasteiger partial charge on any atom is 0.131 e. The number of ether oxygens (including phenoxy) is 2. The minimum Gasteiger partial charge on any atom is -0.496 e. The molecular weight excluding hydrogens is 230 g/mol. The second kappa shape index (κ2) is 4.60. The first-order chi connectivity index (χ1) is 8.58. The Morgan fingerprint density at radius 1 is 1.17 bits per heavy atom. The van der Waals surface area contributed by atoms with Gasteiger partial charge in [0, 0.05) is 12.6 Å². The average molecular weight is 247 g/mol. The Morgan fingerprint density at radius 2 is 1.83 bits per heavy atom. The number of hydrogen-bond donors (Lipinski definition) is 1. The van der Waals surface area contributed by atoms with Crippen LogP contribution in [0.2, 0.25) is 0 Å². The van der Waals surface area contributed by atoms with E-state index in [1.807, 2.05) is 26.1 Å². The second-order valence-corrected chi connectivity index (χ2v) is 4.11. The molecule has 0 amide bonds. The van der Waals surface area contributed by atoms with Crippen LogP contribution in [0.4, 0.5) is 5.82 Å². The number of rotatable bonds is 3. The van der Waals surface area contributed by atoms with Gasteiger partial charge >= 0.3 is 0 Å². The highest BCUT2D eigenvalue weighted by Crippen LogP contribution is 2.37. The zero-order valence-corrected chi connectivity index (χ0v) is 11.0. The van der Waals surface area contributed by atoms with Crippen molar-refractivity contribution in [2.75, 3.05) is 20.0 Å². The van der Waals surface area contributed by atoms with Gasteiger partial charge in [0.25, 0.3) is 0 Å². The Kier molecular flexibility index (Phi) is 3.14. The fraction of sp³-hybridized carbons (Fsp3) is 0.308. The molecule has 0 aliphatic rings. The number of methoxy groups -OCH3 is 2. The Morgan fingerprint density at radius 3 is 2.33 bits per heavy atom. The summed E-state index contributed by atoms with van der Waals surface area (Å²) in [4.78, 5) is 4.30. The van der Waals surface area contributed by atoms with Crippen molar-refractivity contribution >= 4 is 5.82 Å². The highest BCUT2D eigenvalue weighted by molar-refractivity contribution is 5.77. The van der Waals surface area contributed by atoms with Crippen molar-refractivity contribution < 1.29 is 9.47 Å². The van der Waals surface area contributed by atoms with Gasteiger partial charge in [-0.05, 0) is 24.6 Å². The molecule has 0 aliphatic carbocycles. The zero-order valence-electron chi connectivity index (χ0n) is 11.0. The first-order valence-corrected chi connectivity index (χ1v) is 5.58. The van der Waals surface area contributed by atoms with Crippen molar-refractivity contribution in [2.45, 2.75) is 6.92 Å². The normalized spacial score (nSPS) is 10.4. The molecule has 96 valence electrons. The number of hydrogen-bond acceptors (Lipinski definition) is 4. The first kappa shape index (κ1) is 12.3. The molecular formula is C13H17N3O2. The highest BCUT2D eigenvalue weighted by atomic mass is 16.5. The Bertz CT molecular complexity index is 576. The van der Waals surface area contributed by atoms with Crippen molar-refractivity contribution in [2.24, 2.45) is 7.05 Å². The highest BCUT2D eigenvalue weighted by Gasteiger charge is 2.15. The summed E-state index contributed by atoms with van der Waals surface area (Å²) in [6.45, 7) is 1.97. The largest absolute Gasteiger partial charge is 0.496 e. The summed E-state index contributed by atoms with van der Waals surface area (Å²) < 4.78 is 12.5. The maximum absolute atomic E-state index is 5.99. The van der Waals surface area contributed by atoms with Gasteiger partial charge in [-0.3, -0.25) is 0 Å². The van der Waals surface area contributed by atoms with Crippen LogP contribution in [0, 0.1) is 6.92 Å². The lowest BCUT2D eigenvalue weighted by atomic mass is 10.1. The van der Waals surface area contributed by atoms with Crippen LogP contribution in [0.5, 0.6) is 11.5 Å². The molecule has 0 fully saturated rings. The Balaban J connectivity index is 2.65. The lowest BCUT2D eigenvalue weighted by Crippen LogP contribution is -1.98. The molecule has 1 heterocycles. The van der Waals surface area contributed by atoms with Gasteiger partial charge in [0.05, 0.1) is 20.5 Å². The molecule has 0 saturated heterocycles. The van der Waals surface area contributed by atoms with Gasteiger partial charge in [-0.1, -0.05) is 0 Å². The third-order valence-corrected chi connectivity index (χ3v) is 2.95. The lowest BCUT2D eigenvalue weighted by molar-refractivity contribution is 0.401. The van der Waals surface area contributed by atoms with Crippen molar-refractivity contribution in [3.63, 3.8) is 0 Å². The van der Waals surface area contributed by atoms with E-state index in [1.54, 1.807) is 25.1 Å². The molecule has 0 bridgehead atoms. The van der Waals surface area contributed by atoms with E-state index in [4.69, 9.17) is 15.2 Å². The molecule has 0 saturated carbocycles. The second-order valence-electron chi connectivity index (χ2n) is 4.11. The molecule has 18 heavy (non-hydrogen) atoms. The fourth-order valence-electron chi connectivity index (χ4n) is 1.88. The minimum absolute atomic E-state index is 0.596. The van der Waals surface area contributed by atoms with Crippen molar-refractivity contribution in [1.29, 1.82) is 0 Å². The van der Waals surface area contributed by atoms with Crippen LogP contribution in [0.15, 0.2) is 18.5 Å². The van der Waals surface area contributed by atoms with Gasteiger partial charge in [-0.2, -0.15) is 0 Å². The summed E-state index contributed by atoms with van der Waals surface area (Å²) in [5.41, 5.74) is 8.53. The van der Waals surface area contributed by atoms with E-state index >= 15 is 0 Å². The summed E-state index contributed by atoms with van der Waals surface area (Å²) in [6, 6.07) is 3.81. The minimum atomic E-state index is 0.596. The van der Waals surface area contributed by atoms with Crippen molar-refractivity contribution in [3.05, 3.63) is 24.0 Å². The van der Waals surface area contributed by atoms with Gasteiger partial charge in [-0.15, -0.1) is 0 Å². The SMILES string of the molecule is COc1cc(-c2ncn(C)c2N)c(OC)cc1C. The quantitative estimate of drug-likeness (QED) is 0.901. The third-order valence-electron chi connectivity index (χ3n) is 2.95. The number of aryl methyl sites for hydroxylation is 2. The molecule has 0 spiro atoms. The van der Waals surface area contributed by atoms with Gasteiger partial charge < -0.3 is 19.8 Å². The third kappa shape index (κ3) is 1.88. The monoisotopic (exact) mass is 247 g/mol. The Labute approximate surface area is 106 Å². The van der Waals surface area contributed by atoms with Crippen LogP contribution in [0.3, 0.4) is 0 Å². The summed E-state index contributed by atoms with van der Waals surface area (Å²) in [7, 11) is 5.12. The molecule has 0 unspecified atom stereocenters. The smallest absolute Gasteiger partial charge is 0.131 e. The first-order valence-electron chi connectivity index (χ1n) is 5.58. The number of nitrogens with two attached hydrogens (primary N) is 1. The van der Waals surface area contributed by atoms with Gasteiger partial charge in [0.15, 0.2) is 0 Å². The molecule has 0 aliphatic heterocycles. The predicted octanol–water partition coefficient (Wildman–Crippen LogP) is 1.99. The average Bonchev–Trinajstić information content (AvgIpc) is 2.70. The summed E-state index contributed by atoms with van der Waals surface area (Å²) in [6.07, 6.45) is 1.68. The standard InChI is InChI=1S/C13H17N3O2/c1-8-5-11(18-4)9(6-10(8)17-3)12-13(14)16(2)7-15-12/h5-7H,14H2,1-4H3. The van der Waals surface area contributed by atoms with E-state index in [1.165, 1.54) is 0 Å². The number of aromatic nitrogens is 2. The molecule has 2 rings (SSSR count). The van der Waals surface area contributed by atoms with Gasteiger partial charge in [0.2, 0.25) is 0 Å². The fourth-order valence-corrected chi connectivity index (χ4v) is 1.88. The number of imidazole rings is 1. The van der Waals surface area contributed by atoms with Crippen LogP contribution in [-0.2, 0) is 7.05 Å². The van der Waals surface area contributed by atoms with E-state index in [0.29, 0.717) is 11.5 Å². The van der Waals surface area contributed by atoms with E-state index < -0.39 is 0 Å². The summed E-state index contributed by atoms with van der Waals surface area (Å²) in [5.74, 6) is 2.12. The van der Waals surface area contributed by atoms with Crippen LogP contribution in [0.25, 0.3) is 11.3 Å². The predicted molar refractivity (Wildman–Crippen MR) is 70.9 cm³/mol. The van der Waals surface area contributed by atoms with Crippen LogP contribution in [-0.4, -0.2) is 23.8 Å². The molecule has 2 aromatic rings. The topological polar surface area (TPSA) is 62.3 Å². The number of benzene rings is 1. The van der Waals surface area contributed by atoms with Gasteiger partial charge in [0.1, 0.15) is 23.0 Å². The lowest BCUT2D eigenvalue weighted by Gasteiger charge is -2.12. The number of anilines is 1. The molecule has 5 nitrogen and oxygen atoms in total. The molecule has 1 aromatic carbocycles. The number of nitrogens with zero attached hydrogens (tertiary/aromatic N) is 2. The van der Waals surface area contributed by atoms with E-state index in [9.17, 15) is 0 Å². The van der Waals surface area contributed by atoms with Crippen molar-refractivity contribution in [3.8, 4) is 22.8 Å². The van der Waals surface area contributed by atoms with E-state index in [-0.39, 0.29) is 0 Å². The molecule has 5 heteroatoms. The van der Waals surface area contributed by atoms with E-state index in [2.05, 4.69) is 4.98 Å². The Hall–Kier alpha value is -2.17. The summed E-state index contributed by atoms with van der Waals surface area (Å²) >= 11 is 0. The molecule has 1 aromatic heterocycles. The van der Waals surface area contributed by atoms with Crippen LogP contribution >= 0.6 is 0 Å². The molecule has 0 radical (unpaired) electrons. The molecule has 0 atom stereocenters. The van der Waals surface area contributed by atoms with Gasteiger partial charge in [-0.25, -0.2) is 4.98 Å². The number of nitrogen functional groups attached to an aromatic ring is 1. The zero-order chi connectivity index (χ0) is 13.3. The summed E-state index contributed by atoms with van der Waals surface area (Å²) in [5, 5.41) is 0. The van der Waals surface area contributed by atoms with Crippen LogP contribution in [0.1, 0.15) is 5.56 Å². The molecule has 2 N–H and O–H groups in total. The van der Waals surface area contributed by atoms with Crippen molar-refractivity contribution in [1.82, 2.24) is 9.55 Å². The van der Waals surface area contributed by atoms with E-state index in [0.717, 1.165) is 22.6 Å². The van der Waals surface area contributed by atoms with Crippen LogP contribution < -0.4 is 15.2 Å².